The van der Waals surface area contributed by atoms with Crippen molar-refractivity contribution in [2.24, 2.45) is 0 Å². The van der Waals surface area contributed by atoms with Gasteiger partial charge in [0.25, 0.3) is 0 Å². The molecular weight excluding hydrogens is 455 g/mol. The van der Waals surface area contributed by atoms with Gasteiger partial charge in [-0.15, -0.1) is 0 Å². The molecule has 0 fully saturated rings. The van der Waals surface area contributed by atoms with Gasteiger partial charge in [-0.2, -0.15) is 0 Å². The van der Waals surface area contributed by atoms with Crippen molar-refractivity contribution in [2.45, 2.75) is 33.2 Å². The Balaban J connectivity index is 0.00000176. The van der Waals surface area contributed by atoms with Gasteiger partial charge in [-0.1, -0.05) is 19.9 Å². The number of hydrogen-bond acceptors (Lipinski definition) is 2. The number of hydrogen-bond donors (Lipinski definition) is 0. The maximum Gasteiger partial charge on any atom is 0.233 e. The first-order valence-corrected chi connectivity index (χ1v) is 7.96. The number of pyridine rings is 1. The molecule has 0 radical (unpaired) electrons. The van der Waals surface area contributed by atoms with Crippen LogP contribution in [0.25, 0.3) is 22.6 Å². The average Bonchev–Trinajstić information content (AvgIpc) is 2.89. The summed E-state index contributed by atoms with van der Waals surface area (Å²) in [5.74, 6) is 1.15. The Morgan fingerprint density at radius 3 is 2.68 bits per heavy atom. The molecule has 0 aliphatic heterocycles. The molecule has 0 aliphatic rings. The molecule has 2 aromatic heterocycles. The van der Waals surface area contributed by atoms with Gasteiger partial charge < -0.3 is 28.4 Å². The van der Waals surface area contributed by atoms with Gasteiger partial charge in [0.2, 0.25) is 5.89 Å². The molecule has 3 rings (SSSR count). The van der Waals surface area contributed by atoms with Gasteiger partial charge in [-0.05, 0) is 52.5 Å². The fourth-order valence-electron chi connectivity index (χ4n) is 2.32. The quantitative estimate of drug-likeness (QED) is 0.429. The minimum Gasteiger partial charge on any atom is -1.00 e. The second kappa shape index (κ2) is 7.08. The zero-order valence-electron chi connectivity index (χ0n) is 12.8. The summed E-state index contributed by atoms with van der Waals surface area (Å²) in [6.07, 6.45) is 4.10. The molecule has 0 atom stereocenters. The van der Waals surface area contributed by atoms with Crippen LogP contribution in [0.5, 0.6) is 0 Å². The molecule has 0 N–H and O–H groups in total. The van der Waals surface area contributed by atoms with Crippen LogP contribution in [-0.2, 0) is 6.54 Å². The summed E-state index contributed by atoms with van der Waals surface area (Å²) in [4.78, 5) is 4.64. The third-order valence-electron chi connectivity index (χ3n) is 3.58. The van der Waals surface area contributed by atoms with Gasteiger partial charge in [0.1, 0.15) is 17.6 Å². The van der Waals surface area contributed by atoms with E-state index in [0.717, 1.165) is 27.7 Å². The Morgan fingerprint density at radius 1 is 1.23 bits per heavy atom. The van der Waals surface area contributed by atoms with E-state index in [1.165, 1.54) is 5.56 Å². The molecule has 22 heavy (non-hydrogen) atoms. The molecule has 1 aromatic carbocycles. The summed E-state index contributed by atoms with van der Waals surface area (Å²) >= 11 is 3.54. The van der Waals surface area contributed by atoms with Gasteiger partial charge in [0, 0.05) is 0 Å². The second-order valence-corrected chi connectivity index (χ2v) is 6.39. The predicted octanol–water partition coefficient (Wildman–Crippen LogP) is 1.69. The molecule has 0 saturated heterocycles. The van der Waals surface area contributed by atoms with E-state index in [0.29, 0.717) is 11.8 Å². The molecule has 0 unspecified atom stereocenters. The summed E-state index contributed by atoms with van der Waals surface area (Å²) in [6, 6.07) is 8.25. The molecule has 0 amide bonds. The molecule has 3 nitrogen and oxygen atoms in total. The minimum atomic E-state index is 0. The van der Waals surface area contributed by atoms with Gasteiger partial charge >= 0.3 is 0 Å². The van der Waals surface area contributed by atoms with Crippen molar-refractivity contribution in [1.82, 2.24) is 4.98 Å². The number of fused-ring (bicyclic) bond motifs is 1. The lowest BCUT2D eigenvalue weighted by Crippen LogP contribution is -3.00. The van der Waals surface area contributed by atoms with Crippen LogP contribution in [0.1, 0.15) is 32.3 Å². The highest BCUT2D eigenvalue weighted by Crippen LogP contribution is 2.27. The fraction of sp³-hybridized carbons (Fsp3) is 0.294. The van der Waals surface area contributed by atoms with Gasteiger partial charge in [-0.25, -0.2) is 9.55 Å². The first-order chi connectivity index (χ1) is 10.1. The van der Waals surface area contributed by atoms with E-state index >= 15 is 0 Å². The lowest BCUT2D eigenvalue weighted by Gasteiger charge is -2.02. The lowest BCUT2D eigenvalue weighted by atomic mass is 10.0. The van der Waals surface area contributed by atoms with E-state index in [1.54, 1.807) is 0 Å². The van der Waals surface area contributed by atoms with Crippen LogP contribution in [0.15, 0.2) is 45.5 Å². The van der Waals surface area contributed by atoms with Crippen LogP contribution in [0.4, 0.5) is 0 Å². The van der Waals surface area contributed by atoms with Crippen molar-refractivity contribution in [3.8, 4) is 11.5 Å². The zero-order chi connectivity index (χ0) is 15.0. The SMILES string of the molecule is CC[n+]1cc(Br)cc(-c2nc3cc(C(C)C)ccc3o2)c1.[I-]. The highest BCUT2D eigenvalue weighted by Gasteiger charge is 2.14. The van der Waals surface area contributed by atoms with Crippen LogP contribution >= 0.6 is 15.9 Å². The average molecular weight is 473 g/mol. The van der Waals surface area contributed by atoms with E-state index < -0.39 is 0 Å². The highest BCUT2D eigenvalue weighted by atomic mass is 127. The molecule has 116 valence electrons. The Morgan fingerprint density at radius 2 is 2.00 bits per heavy atom. The molecule has 0 saturated carbocycles. The number of halogens is 2. The lowest BCUT2D eigenvalue weighted by molar-refractivity contribution is -0.693. The molecule has 0 bridgehead atoms. The maximum atomic E-state index is 5.90. The van der Waals surface area contributed by atoms with Crippen LogP contribution in [0.3, 0.4) is 0 Å². The monoisotopic (exact) mass is 472 g/mol. The Bertz CT molecular complexity index is 798. The number of nitrogens with zero attached hydrogens (tertiary/aromatic N) is 2. The van der Waals surface area contributed by atoms with E-state index in [-0.39, 0.29) is 24.0 Å². The second-order valence-electron chi connectivity index (χ2n) is 5.47. The normalized spacial score (nSPS) is 11.0. The van der Waals surface area contributed by atoms with Crippen LogP contribution in [-0.4, -0.2) is 4.98 Å². The summed E-state index contributed by atoms with van der Waals surface area (Å²) in [6.45, 7) is 7.38. The van der Waals surface area contributed by atoms with E-state index in [9.17, 15) is 0 Å². The Labute approximate surface area is 155 Å². The molecule has 0 aliphatic carbocycles. The smallest absolute Gasteiger partial charge is 0.233 e. The Hall–Kier alpha value is -0.950. The number of oxazole rings is 1. The van der Waals surface area contributed by atoms with Crippen molar-refractivity contribution in [2.75, 3.05) is 0 Å². The maximum absolute atomic E-state index is 5.90. The minimum absolute atomic E-state index is 0. The standard InChI is InChI=1S/C17H18BrN2O.HI/c1-4-20-9-13(7-14(18)10-20)17-19-15-8-12(11(2)3)5-6-16(15)21-17;/h5-11H,4H2,1-3H3;1H/q+1;/p-1. The number of rotatable bonds is 3. The first-order valence-electron chi connectivity index (χ1n) is 7.17. The summed E-state index contributed by atoms with van der Waals surface area (Å²) < 4.78 is 9.02. The Kier molecular flexibility index (Phi) is 5.60. The summed E-state index contributed by atoms with van der Waals surface area (Å²) in [5, 5.41) is 0. The van der Waals surface area contributed by atoms with Crippen molar-refractivity contribution in [3.63, 3.8) is 0 Å². The van der Waals surface area contributed by atoms with Crippen LogP contribution in [0, 0.1) is 0 Å². The third kappa shape index (κ3) is 3.51. The van der Waals surface area contributed by atoms with Crippen LogP contribution in [0.2, 0.25) is 0 Å². The molecule has 0 spiro atoms. The first kappa shape index (κ1) is 17.4. The predicted molar refractivity (Wildman–Crippen MR) is 87.1 cm³/mol. The van der Waals surface area contributed by atoms with Gasteiger partial charge in [0.05, 0.1) is 4.47 Å². The molecule has 5 heteroatoms. The molecular formula is C17H18BrIN2O. The number of aromatic nitrogens is 2. The van der Waals surface area contributed by atoms with Gasteiger partial charge in [0.15, 0.2) is 18.0 Å². The van der Waals surface area contributed by atoms with Crippen molar-refractivity contribution < 1.29 is 33.0 Å². The van der Waals surface area contributed by atoms with Crippen molar-refractivity contribution in [3.05, 3.63) is 46.7 Å². The molecule has 3 aromatic rings. The van der Waals surface area contributed by atoms with Crippen molar-refractivity contribution >= 4 is 27.0 Å². The van der Waals surface area contributed by atoms with Gasteiger partial charge in [-0.3, -0.25) is 0 Å². The van der Waals surface area contributed by atoms with Crippen LogP contribution < -0.4 is 28.5 Å². The zero-order valence-corrected chi connectivity index (χ0v) is 16.6. The summed E-state index contributed by atoms with van der Waals surface area (Å²) in [5.41, 5.74) is 4.00. The topological polar surface area (TPSA) is 29.9 Å². The van der Waals surface area contributed by atoms with E-state index in [4.69, 9.17) is 4.42 Å². The largest absolute Gasteiger partial charge is 1.00 e. The number of aryl methyl sites for hydroxylation is 1. The van der Waals surface area contributed by atoms with E-state index in [2.05, 4.69) is 64.6 Å². The number of benzene rings is 1. The fourth-order valence-corrected chi connectivity index (χ4v) is 2.83. The summed E-state index contributed by atoms with van der Waals surface area (Å²) in [7, 11) is 0. The molecule has 2 heterocycles. The highest BCUT2D eigenvalue weighted by molar-refractivity contribution is 9.10. The third-order valence-corrected chi connectivity index (χ3v) is 4.01. The van der Waals surface area contributed by atoms with Crippen molar-refractivity contribution in [1.29, 1.82) is 0 Å². The van der Waals surface area contributed by atoms with E-state index in [1.807, 2.05) is 18.3 Å².